The highest BCUT2D eigenvalue weighted by molar-refractivity contribution is 7.12. The molecule has 1 amide bonds. The Hall–Kier alpha value is -1.89. The zero-order valence-corrected chi connectivity index (χ0v) is 10.5. The highest BCUT2D eigenvalue weighted by Crippen LogP contribution is 2.17. The number of carbonyl (C=O) groups is 3. The third kappa shape index (κ3) is 3.56. The maximum absolute atomic E-state index is 11.8. The van der Waals surface area contributed by atoms with Crippen LogP contribution < -0.4 is 5.32 Å². The Labute approximate surface area is 107 Å². The lowest BCUT2D eigenvalue weighted by Gasteiger charge is -2.12. The Bertz CT molecular complexity index is 468. The van der Waals surface area contributed by atoms with Gasteiger partial charge in [0.05, 0.1) is 11.3 Å². The number of nitrogens with one attached hydrogen (secondary N) is 1. The predicted molar refractivity (Wildman–Crippen MR) is 64.8 cm³/mol. The van der Waals surface area contributed by atoms with Crippen LogP contribution >= 0.6 is 11.3 Å². The maximum atomic E-state index is 11.8. The highest BCUT2D eigenvalue weighted by atomic mass is 32.1. The Morgan fingerprint density at radius 2 is 2.06 bits per heavy atom. The molecule has 1 heterocycles. The number of amides is 1. The van der Waals surface area contributed by atoms with Gasteiger partial charge in [0.1, 0.15) is 6.04 Å². The number of carboxylic acids is 2. The molecule has 3 N–H and O–H groups in total. The summed E-state index contributed by atoms with van der Waals surface area (Å²) in [6, 6.07) is 0.369. The fraction of sp³-hybridized carbons (Fsp3) is 0.364. The van der Waals surface area contributed by atoms with Gasteiger partial charge in [0, 0.05) is 0 Å². The van der Waals surface area contributed by atoms with E-state index >= 15 is 0 Å². The van der Waals surface area contributed by atoms with E-state index in [4.69, 9.17) is 10.2 Å². The van der Waals surface area contributed by atoms with Gasteiger partial charge in [-0.2, -0.15) is 0 Å². The van der Waals surface area contributed by atoms with Crippen LogP contribution in [-0.2, 0) is 16.0 Å². The molecule has 6 nitrogen and oxygen atoms in total. The van der Waals surface area contributed by atoms with Crippen molar-refractivity contribution in [3.63, 3.8) is 0 Å². The van der Waals surface area contributed by atoms with Crippen LogP contribution in [0, 0.1) is 0 Å². The third-order valence-electron chi connectivity index (χ3n) is 2.32. The molecule has 1 aromatic heterocycles. The smallest absolute Gasteiger partial charge is 0.326 e. The molecule has 0 radical (unpaired) electrons. The summed E-state index contributed by atoms with van der Waals surface area (Å²) in [6.45, 7) is 1.88. The summed E-state index contributed by atoms with van der Waals surface area (Å²) in [5.41, 5.74) is 0.817. The highest BCUT2D eigenvalue weighted by Gasteiger charge is 2.24. The normalized spacial score (nSPS) is 11.8. The van der Waals surface area contributed by atoms with E-state index in [0.717, 1.165) is 5.56 Å². The van der Waals surface area contributed by atoms with Crippen LogP contribution in [0.5, 0.6) is 0 Å². The molecule has 0 saturated heterocycles. The average Bonchev–Trinajstić information content (AvgIpc) is 2.75. The average molecular weight is 271 g/mol. The van der Waals surface area contributed by atoms with E-state index in [1.807, 2.05) is 6.92 Å². The maximum Gasteiger partial charge on any atom is 0.326 e. The van der Waals surface area contributed by atoms with Gasteiger partial charge in [0.25, 0.3) is 5.91 Å². The van der Waals surface area contributed by atoms with Gasteiger partial charge in [-0.05, 0) is 23.4 Å². The Kier molecular flexibility index (Phi) is 4.85. The van der Waals surface area contributed by atoms with Gasteiger partial charge in [-0.1, -0.05) is 6.92 Å². The van der Waals surface area contributed by atoms with Crippen molar-refractivity contribution in [2.45, 2.75) is 25.8 Å². The molecule has 18 heavy (non-hydrogen) atoms. The Balaban J connectivity index is 2.78. The summed E-state index contributed by atoms with van der Waals surface area (Å²) in [7, 11) is 0. The number of carbonyl (C=O) groups excluding carboxylic acids is 1. The topological polar surface area (TPSA) is 104 Å². The molecule has 0 aliphatic heterocycles. The molecule has 0 bridgehead atoms. The van der Waals surface area contributed by atoms with Crippen LogP contribution in [0.1, 0.15) is 28.6 Å². The molecule has 98 valence electrons. The molecule has 1 rings (SSSR count). The zero-order valence-electron chi connectivity index (χ0n) is 9.67. The quantitative estimate of drug-likeness (QED) is 0.715. The van der Waals surface area contributed by atoms with Crippen molar-refractivity contribution in [3.8, 4) is 0 Å². The van der Waals surface area contributed by atoms with Gasteiger partial charge in [-0.25, -0.2) is 4.79 Å². The molecule has 1 unspecified atom stereocenters. The van der Waals surface area contributed by atoms with Crippen molar-refractivity contribution in [2.24, 2.45) is 0 Å². The first-order valence-electron chi connectivity index (χ1n) is 5.27. The summed E-state index contributed by atoms with van der Waals surface area (Å²) >= 11 is 1.20. The van der Waals surface area contributed by atoms with Crippen LogP contribution in [0.4, 0.5) is 0 Å². The molecule has 1 aromatic rings. The molecule has 0 saturated carbocycles. The summed E-state index contributed by atoms with van der Waals surface area (Å²) in [6.07, 6.45) is 0.0107. The lowest BCUT2D eigenvalue weighted by atomic mass is 10.1. The second kappa shape index (κ2) is 6.15. The molecule has 7 heteroatoms. The number of hydrogen-bond acceptors (Lipinski definition) is 4. The molecule has 0 spiro atoms. The van der Waals surface area contributed by atoms with E-state index in [-0.39, 0.29) is 0 Å². The summed E-state index contributed by atoms with van der Waals surface area (Å²) in [5.74, 6) is -3.18. The van der Waals surface area contributed by atoms with Crippen LogP contribution in [-0.4, -0.2) is 34.1 Å². The van der Waals surface area contributed by atoms with Gasteiger partial charge in [0.2, 0.25) is 0 Å². The fourth-order valence-corrected chi connectivity index (χ4v) is 2.31. The molecule has 0 aliphatic carbocycles. The lowest BCUT2D eigenvalue weighted by molar-refractivity contribution is -0.145. The van der Waals surface area contributed by atoms with E-state index < -0.39 is 30.3 Å². The zero-order chi connectivity index (χ0) is 13.7. The second-order valence-corrected chi connectivity index (χ2v) is 4.51. The minimum Gasteiger partial charge on any atom is -0.481 e. The second-order valence-electron chi connectivity index (χ2n) is 3.59. The van der Waals surface area contributed by atoms with Crippen molar-refractivity contribution in [3.05, 3.63) is 21.9 Å². The van der Waals surface area contributed by atoms with Crippen LogP contribution in [0.25, 0.3) is 0 Å². The minimum absolute atomic E-state index is 0.425. The SMILES string of the molecule is CCc1ccsc1C(=O)NC(CC(=O)O)C(=O)O. The number of carboxylic acid groups (broad SMARTS) is 2. The van der Waals surface area contributed by atoms with Crippen LogP contribution in [0.15, 0.2) is 11.4 Å². The van der Waals surface area contributed by atoms with Gasteiger partial charge in [0.15, 0.2) is 0 Å². The number of rotatable bonds is 6. The number of aliphatic carboxylic acids is 2. The predicted octanol–water partition coefficient (Wildman–Crippen LogP) is 0.968. The molecule has 1 atom stereocenters. The number of hydrogen-bond donors (Lipinski definition) is 3. The van der Waals surface area contributed by atoms with E-state index in [1.165, 1.54) is 11.3 Å². The standard InChI is InChI=1S/C11H13NO5S/c1-2-6-3-4-18-9(6)10(15)12-7(11(16)17)5-8(13)14/h3-4,7H,2,5H2,1H3,(H,12,15)(H,13,14)(H,16,17). The lowest BCUT2D eigenvalue weighted by Crippen LogP contribution is -2.42. The van der Waals surface area contributed by atoms with Crippen LogP contribution in [0.2, 0.25) is 0 Å². The van der Waals surface area contributed by atoms with E-state index in [9.17, 15) is 14.4 Å². The molecule has 0 fully saturated rings. The third-order valence-corrected chi connectivity index (χ3v) is 3.27. The Morgan fingerprint density at radius 1 is 1.39 bits per heavy atom. The van der Waals surface area contributed by atoms with Gasteiger partial charge in [-0.3, -0.25) is 9.59 Å². The molecule has 0 aliphatic rings. The van der Waals surface area contributed by atoms with Crippen molar-refractivity contribution in [1.82, 2.24) is 5.32 Å². The van der Waals surface area contributed by atoms with E-state index in [1.54, 1.807) is 11.4 Å². The molecular weight excluding hydrogens is 258 g/mol. The summed E-state index contributed by atoms with van der Waals surface area (Å²) < 4.78 is 0. The first-order valence-corrected chi connectivity index (χ1v) is 6.15. The number of aryl methyl sites for hydroxylation is 1. The first-order chi connectivity index (χ1) is 8.45. The summed E-state index contributed by atoms with van der Waals surface area (Å²) in [5, 5.41) is 21.3. The Morgan fingerprint density at radius 3 is 2.56 bits per heavy atom. The van der Waals surface area contributed by atoms with Gasteiger partial charge >= 0.3 is 11.9 Å². The minimum atomic E-state index is -1.41. The monoisotopic (exact) mass is 271 g/mol. The van der Waals surface area contributed by atoms with Crippen molar-refractivity contribution >= 4 is 29.2 Å². The van der Waals surface area contributed by atoms with Gasteiger partial charge < -0.3 is 15.5 Å². The van der Waals surface area contributed by atoms with Crippen LogP contribution in [0.3, 0.4) is 0 Å². The summed E-state index contributed by atoms with van der Waals surface area (Å²) in [4.78, 5) is 33.6. The van der Waals surface area contributed by atoms with Crippen molar-refractivity contribution < 1.29 is 24.6 Å². The first kappa shape index (κ1) is 14.2. The van der Waals surface area contributed by atoms with E-state index in [0.29, 0.717) is 11.3 Å². The number of thiophene rings is 1. The van der Waals surface area contributed by atoms with Gasteiger partial charge in [-0.15, -0.1) is 11.3 Å². The fourth-order valence-electron chi connectivity index (χ4n) is 1.41. The van der Waals surface area contributed by atoms with E-state index in [2.05, 4.69) is 5.32 Å². The largest absolute Gasteiger partial charge is 0.481 e. The van der Waals surface area contributed by atoms with Crippen molar-refractivity contribution in [2.75, 3.05) is 0 Å². The molecular formula is C11H13NO5S. The molecule has 0 aromatic carbocycles. The van der Waals surface area contributed by atoms with Crippen molar-refractivity contribution in [1.29, 1.82) is 0 Å².